The summed E-state index contributed by atoms with van der Waals surface area (Å²) in [7, 11) is -1.94. The molecule has 0 aliphatic carbocycles. The van der Waals surface area contributed by atoms with E-state index in [1.807, 2.05) is 0 Å². The van der Waals surface area contributed by atoms with Crippen molar-refractivity contribution < 1.29 is 36.8 Å². The van der Waals surface area contributed by atoms with Crippen LogP contribution in [0.2, 0.25) is 0 Å². The van der Waals surface area contributed by atoms with E-state index in [9.17, 15) is 28.1 Å². The number of non-ortho nitro benzene ring substituents is 1. The third-order valence-electron chi connectivity index (χ3n) is 5.56. The predicted octanol–water partition coefficient (Wildman–Crippen LogP) is 4.48. The van der Waals surface area contributed by atoms with Gasteiger partial charge in [-0.05, 0) is 55.5 Å². The number of carbonyl (C=O) groups is 2. The molecule has 0 aliphatic heterocycles. The lowest BCUT2D eigenvalue weighted by atomic mass is 10.1. The number of fused-ring (bicyclic) bond motifs is 1. The van der Waals surface area contributed by atoms with Crippen molar-refractivity contribution in [2.24, 2.45) is 0 Å². The molecule has 0 spiro atoms. The zero-order chi connectivity index (χ0) is 26.9. The highest BCUT2D eigenvalue weighted by Crippen LogP contribution is 2.34. The van der Waals surface area contributed by atoms with E-state index in [0.717, 1.165) is 6.07 Å². The normalized spacial score (nSPS) is 11.2. The molecule has 0 radical (unpaired) electrons. The molecule has 1 aromatic heterocycles. The first kappa shape index (κ1) is 25.4. The van der Waals surface area contributed by atoms with Crippen molar-refractivity contribution in [2.45, 2.75) is 11.8 Å². The number of carbonyl (C=O) groups excluding carboxylic acids is 2. The van der Waals surface area contributed by atoms with E-state index in [1.165, 1.54) is 74.9 Å². The Morgan fingerprint density at radius 1 is 1.00 bits per heavy atom. The quantitative estimate of drug-likeness (QED) is 0.194. The maximum Gasteiger partial charge on any atom is 0.342 e. The Kier molecular flexibility index (Phi) is 6.68. The van der Waals surface area contributed by atoms with E-state index in [-0.39, 0.29) is 44.1 Å². The SMILES string of the molecule is COC(=O)c1c(C)oc2ccc(N(C(=O)c3cccc([N+](=O)[O-])c3)S(=O)(=O)c3ccc(OC)cc3)cc12. The molecule has 37 heavy (non-hydrogen) atoms. The Morgan fingerprint density at radius 2 is 1.70 bits per heavy atom. The lowest BCUT2D eigenvalue weighted by Gasteiger charge is -2.23. The van der Waals surface area contributed by atoms with Gasteiger partial charge < -0.3 is 13.9 Å². The third kappa shape index (κ3) is 4.61. The van der Waals surface area contributed by atoms with Crippen molar-refractivity contribution in [1.82, 2.24) is 0 Å². The molecule has 0 unspecified atom stereocenters. The average Bonchev–Trinajstić information content (AvgIpc) is 3.23. The van der Waals surface area contributed by atoms with Crippen LogP contribution in [0.25, 0.3) is 11.0 Å². The van der Waals surface area contributed by atoms with Crippen molar-refractivity contribution in [1.29, 1.82) is 0 Å². The van der Waals surface area contributed by atoms with Crippen molar-refractivity contribution in [3.05, 3.63) is 93.7 Å². The molecule has 0 bridgehead atoms. The summed E-state index contributed by atoms with van der Waals surface area (Å²) >= 11 is 0. The summed E-state index contributed by atoms with van der Waals surface area (Å²) in [6.07, 6.45) is 0. The number of anilines is 1. The molecule has 0 N–H and O–H groups in total. The third-order valence-corrected chi connectivity index (χ3v) is 7.28. The summed E-state index contributed by atoms with van der Waals surface area (Å²) < 4.78 is 43.6. The molecule has 0 aliphatic rings. The number of rotatable bonds is 7. The van der Waals surface area contributed by atoms with Crippen molar-refractivity contribution in [3.63, 3.8) is 0 Å². The van der Waals surface area contributed by atoms with Gasteiger partial charge in [0.05, 0.1) is 29.7 Å². The molecule has 190 valence electrons. The molecule has 4 aromatic rings. The van der Waals surface area contributed by atoms with Gasteiger partial charge in [-0.25, -0.2) is 13.2 Å². The molecule has 4 rings (SSSR count). The second-order valence-electron chi connectivity index (χ2n) is 7.76. The Balaban J connectivity index is 1.95. The summed E-state index contributed by atoms with van der Waals surface area (Å²) in [5, 5.41) is 11.5. The van der Waals surface area contributed by atoms with Crippen LogP contribution >= 0.6 is 0 Å². The Hall–Kier alpha value is -4.71. The van der Waals surface area contributed by atoms with Gasteiger partial charge in [-0.2, -0.15) is 4.31 Å². The Bertz CT molecular complexity index is 1640. The van der Waals surface area contributed by atoms with E-state index < -0.39 is 26.8 Å². The molecule has 3 aromatic carbocycles. The number of amides is 1. The van der Waals surface area contributed by atoms with Gasteiger partial charge in [0.2, 0.25) is 0 Å². The molecular weight excluding hydrogens is 504 g/mol. The van der Waals surface area contributed by atoms with Crippen molar-refractivity contribution in [3.8, 4) is 5.75 Å². The van der Waals surface area contributed by atoms with Crippen LogP contribution in [0.3, 0.4) is 0 Å². The maximum atomic E-state index is 13.8. The van der Waals surface area contributed by atoms with E-state index in [4.69, 9.17) is 13.9 Å². The van der Waals surface area contributed by atoms with Gasteiger partial charge in [0.15, 0.2) is 0 Å². The fraction of sp³-hybridized carbons (Fsp3) is 0.120. The molecule has 0 saturated heterocycles. The van der Waals surface area contributed by atoms with E-state index >= 15 is 0 Å². The molecule has 0 fully saturated rings. The highest BCUT2D eigenvalue weighted by molar-refractivity contribution is 7.93. The first-order valence-electron chi connectivity index (χ1n) is 10.7. The van der Waals surface area contributed by atoms with Gasteiger partial charge in [-0.1, -0.05) is 6.07 Å². The number of ether oxygens (including phenoxy) is 2. The molecule has 1 heterocycles. The molecule has 12 heteroatoms. The second-order valence-corrected chi connectivity index (χ2v) is 9.55. The number of methoxy groups -OCH3 is 2. The number of benzene rings is 3. The van der Waals surface area contributed by atoms with Gasteiger partial charge >= 0.3 is 5.97 Å². The highest BCUT2D eigenvalue weighted by atomic mass is 32.2. The van der Waals surface area contributed by atoms with Crippen LogP contribution in [0.1, 0.15) is 26.5 Å². The van der Waals surface area contributed by atoms with Crippen LogP contribution in [0.15, 0.2) is 76.0 Å². The predicted molar refractivity (Wildman–Crippen MR) is 132 cm³/mol. The van der Waals surface area contributed by atoms with E-state index in [2.05, 4.69) is 0 Å². The van der Waals surface area contributed by atoms with E-state index in [1.54, 1.807) is 6.92 Å². The zero-order valence-electron chi connectivity index (χ0n) is 19.8. The van der Waals surface area contributed by atoms with Crippen LogP contribution in [0.4, 0.5) is 11.4 Å². The monoisotopic (exact) mass is 524 g/mol. The number of hydrogen-bond donors (Lipinski definition) is 0. The number of nitrogens with zero attached hydrogens (tertiary/aromatic N) is 2. The topological polar surface area (TPSA) is 146 Å². The number of hydrogen-bond acceptors (Lipinski definition) is 9. The maximum absolute atomic E-state index is 13.8. The smallest absolute Gasteiger partial charge is 0.342 e. The Labute approximate surface area is 211 Å². The number of nitro groups is 1. The number of esters is 1. The summed E-state index contributed by atoms with van der Waals surface area (Å²) in [4.78, 5) is 36.4. The number of nitro benzene ring substituents is 1. The second kappa shape index (κ2) is 9.74. The van der Waals surface area contributed by atoms with Crippen molar-refractivity contribution in [2.75, 3.05) is 18.5 Å². The molecule has 11 nitrogen and oxygen atoms in total. The summed E-state index contributed by atoms with van der Waals surface area (Å²) in [5.74, 6) is -1.11. The Morgan fingerprint density at radius 3 is 2.32 bits per heavy atom. The first-order chi connectivity index (χ1) is 17.6. The number of aryl methyl sites for hydroxylation is 1. The first-order valence-corrected chi connectivity index (χ1v) is 12.1. The fourth-order valence-electron chi connectivity index (χ4n) is 3.78. The van der Waals surface area contributed by atoms with Gasteiger partial charge in [0.1, 0.15) is 22.7 Å². The highest BCUT2D eigenvalue weighted by Gasteiger charge is 2.33. The lowest BCUT2D eigenvalue weighted by Crippen LogP contribution is -2.37. The average molecular weight is 525 g/mol. The van der Waals surface area contributed by atoms with Gasteiger partial charge in [0.25, 0.3) is 21.6 Å². The summed E-state index contributed by atoms with van der Waals surface area (Å²) in [6, 6.07) is 14.2. The fourth-order valence-corrected chi connectivity index (χ4v) is 5.18. The van der Waals surface area contributed by atoms with Gasteiger partial charge in [0, 0.05) is 23.1 Å². The molecule has 0 atom stereocenters. The minimum atomic E-state index is -4.55. The lowest BCUT2D eigenvalue weighted by molar-refractivity contribution is -0.384. The van der Waals surface area contributed by atoms with Crippen LogP contribution in [-0.4, -0.2) is 39.4 Å². The van der Waals surface area contributed by atoms with Crippen LogP contribution in [-0.2, 0) is 14.8 Å². The van der Waals surface area contributed by atoms with Gasteiger partial charge in [-0.3, -0.25) is 14.9 Å². The standard InChI is InChI=1S/C25H20N2O9S/c1-15-23(25(29)35-3)21-14-17(7-12-22(21)36-15)26(24(28)16-5-4-6-18(13-16)27(30)31)37(32,33)20-10-8-19(34-2)9-11-20/h4-14H,1-3H3. The van der Waals surface area contributed by atoms with E-state index in [0.29, 0.717) is 10.1 Å². The number of furan rings is 1. The van der Waals surface area contributed by atoms with Crippen molar-refractivity contribution >= 4 is 44.2 Å². The number of sulfonamides is 1. The minimum absolute atomic E-state index is 0.0731. The van der Waals surface area contributed by atoms with Crippen LogP contribution < -0.4 is 9.04 Å². The molecule has 0 saturated carbocycles. The molecular formula is C25H20N2O9S. The minimum Gasteiger partial charge on any atom is -0.497 e. The summed E-state index contributed by atoms with van der Waals surface area (Å²) in [6.45, 7) is 1.55. The molecule has 1 amide bonds. The summed E-state index contributed by atoms with van der Waals surface area (Å²) in [5.41, 5.74) is -0.398. The zero-order valence-corrected chi connectivity index (χ0v) is 20.6. The van der Waals surface area contributed by atoms with Crippen LogP contribution in [0, 0.1) is 17.0 Å². The van der Waals surface area contributed by atoms with Gasteiger partial charge in [-0.15, -0.1) is 0 Å². The largest absolute Gasteiger partial charge is 0.497 e. The van der Waals surface area contributed by atoms with Crippen LogP contribution in [0.5, 0.6) is 5.75 Å².